The van der Waals surface area contributed by atoms with Crippen LogP contribution >= 0.6 is 0 Å². The van der Waals surface area contributed by atoms with E-state index in [2.05, 4.69) is 27.8 Å². The highest BCUT2D eigenvalue weighted by Gasteiger charge is 2.48. The monoisotopic (exact) mass is 524 g/mol. The summed E-state index contributed by atoms with van der Waals surface area (Å²) in [7, 11) is 1.88. The van der Waals surface area contributed by atoms with Crippen molar-refractivity contribution in [3.05, 3.63) is 75.5 Å². The van der Waals surface area contributed by atoms with E-state index in [0.717, 1.165) is 42.6 Å². The SMILES string of the molecule is CCn1cc(CNCC2(CF)CC2)cc(C(=O)Nc2cc(C3(c4nncn4C)CC(C)C3)ccc2F)c1=O. The number of hydrogen-bond donors (Lipinski definition) is 2. The highest BCUT2D eigenvalue weighted by atomic mass is 19.1. The van der Waals surface area contributed by atoms with Crippen molar-refractivity contribution in [3.63, 3.8) is 0 Å². The lowest BCUT2D eigenvalue weighted by atomic mass is 9.58. The molecule has 8 nitrogen and oxygen atoms in total. The predicted octanol–water partition coefficient (Wildman–Crippen LogP) is 3.94. The van der Waals surface area contributed by atoms with E-state index in [1.807, 2.05) is 18.5 Å². The lowest BCUT2D eigenvalue weighted by molar-refractivity contribution is 0.102. The van der Waals surface area contributed by atoms with E-state index in [1.54, 1.807) is 24.7 Å². The molecule has 3 aromatic rings. The van der Waals surface area contributed by atoms with Crippen LogP contribution in [-0.4, -0.2) is 38.5 Å². The van der Waals surface area contributed by atoms with Crippen molar-refractivity contribution in [2.24, 2.45) is 18.4 Å². The molecule has 0 atom stereocenters. The molecule has 2 aromatic heterocycles. The molecule has 0 aliphatic heterocycles. The van der Waals surface area contributed by atoms with E-state index in [9.17, 15) is 18.4 Å². The number of carbonyl (C=O) groups excluding carboxylic acids is 1. The molecule has 2 N–H and O–H groups in total. The molecule has 38 heavy (non-hydrogen) atoms. The van der Waals surface area contributed by atoms with Crippen LogP contribution in [0.2, 0.25) is 0 Å². The van der Waals surface area contributed by atoms with Gasteiger partial charge < -0.3 is 19.8 Å². The minimum Gasteiger partial charge on any atom is -0.320 e. The zero-order chi connectivity index (χ0) is 27.1. The number of nitrogens with zero attached hydrogens (tertiary/aromatic N) is 4. The van der Waals surface area contributed by atoms with E-state index in [0.29, 0.717) is 25.6 Å². The standard InChI is InChI=1S/C28H34F2N6O2/c1-4-36-14-19(13-31-16-27(15-29)7-8-27)9-21(25(36)38)24(37)33-23-10-20(5-6-22(23)30)28(11-18(2)12-28)26-34-32-17-35(26)3/h5-6,9-10,14,17-18,31H,4,7-8,11-13,15-16H2,1-3H3,(H,33,37). The Balaban J connectivity index is 1.40. The van der Waals surface area contributed by atoms with Crippen molar-refractivity contribution in [2.45, 2.75) is 58.0 Å². The van der Waals surface area contributed by atoms with E-state index < -0.39 is 22.7 Å². The Kier molecular flexibility index (Phi) is 6.94. The average Bonchev–Trinajstić information content (AvgIpc) is 3.54. The number of pyridine rings is 1. The second-order valence-electron chi connectivity index (χ2n) is 11.1. The molecule has 0 unspecified atom stereocenters. The Morgan fingerprint density at radius 3 is 2.61 bits per heavy atom. The minimum atomic E-state index is -0.674. The topological polar surface area (TPSA) is 93.8 Å². The predicted molar refractivity (Wildman–Crippen MR) is 140 cm³/mol. The average molecular weight is 525 g/mol. The van der Waals surface area contributed by atoms with Crippen molar-refractivity contribution in [1.29, 1.82) is 0 Å². The summed E-state index contributed by atoms with van der Waals surface area (Å²) in [6, 6.07) is 6.24. The lowest BCUT2D eigenvalue weighted by Crippen LogP contribution is -2.43. The normalized spacial score (nSPS) is 21.7. The summed E-state index contributed by atoms with van der Waals surface area (Å²) >= 11 is 0. The first kappa shape index (κ1) is 26.2. The number of alkyl halides is 1. The molecule has 0 saturated heterocycles. The molecular formula is C28H34F2N6O2. The summed E-state index contributed by atoms with van der Waals surface area (Å²) in [4.78, 5) is 26.3. The number of aryl methyl sites for hydroxylation is 2. The summed E-state index contributed by atoms with van der Waals surface area (Å²) < 4.78 is 31.5. The third kappa shape index (κ3) is 4.77. The number of benzene rings is 1. The fraction of sp³-hybridized carbons (Fsp3) is 0.500. The van der Waals surface area contributed by atoms with Crippen LogP contribution in [-0.2, 0) is 25.6 Å². The molecule has 5 rings (SSSR count). The Morgan fingerprint density at radius 2 is 2.00 bits per heavy atom. The van der Waals surface area contributed by atoms with Gasteiger partial charge >= 0.3 is 0 Å². The smallest absolute Gasteiger partial charge is 0.263 e. The maximum absolute atomic E-state index is 14.9. The van der Waals surface area contributed by atoms with Gasteiger partial charge in [0.25, 0.3) is 11.5 Å². The van der Waals surface area contributed by atoms with Crippen LogP contribution in [0.5, 0.6) is 0 Å². The van der Waals surface area contributed by atoms with Gasteiger partial charge in [0.2, 0.25) is 0 Å². The first-order chi connectivity index (χ1) is 18.2. The highest BCUT2D eigenvalue weighted by Crippen LogP contribution is 2.52. The van der Waals surface area contributed by atoms with Crippen molar-refractivity contribution >= 4 is 11.6 Å². The third-order valence-corrected chi connectivity index (χ3v) is 8.10. The number of carbonyl (C=O) groups is 1. The number of nitrogens with one attached hydrogen (secondary N) is 2. The molecule has 202 valence electrons. The number of aromatic nitrogens is 4. The van der Waals surface area contributed by atoms with Crippen molar-refractivity contribution in [3.8, 4) is 0 Å². The van der Waals surface area contributed by atoms with Crippen molar-refractivity contribution in [2.75, 3.05) is 18.5 Å². The van der Waals surface area contributed by atoms with Crippen LogP contribution in [0.3, 0.4) is 0 Å². The zero-order valence-corrected chi connectivity index (χ0v) is 22.1. The van der Waals surface area contributed by atoms with Crippen LogP contribution in [0, 0.1) is 17.2 Å². The molecule has 0 bridgehead atoms. The summed E-state index contributed by atoms with van der Waals surface area (Å²) in [6.45, 7) is 4.93. The fourth-order valence-electron chi connectivity index (χ4n) is 5.70. The first-order valence-corrected chi connectivity index (χ1v) is 13.2. The number of hydrogen-bond acceptors (Lipinski definition) is 5. The van der Waals surface area contributed by atoms with Crippen molar-refractivity contribution in [1.82, 2.24) is 24.6 Å². The van der Waals surface area contributed by atoms with E-state index >= 15 is 0 Å². The van der Waals surface area contributed by atoms with Crippen LogP contribution in [0.15, 0.2) is 41.6 Å². The van der Waals surface area contributed by atoms with Gasteiger partial charge in [-0.15, -0.1) is 10.2 Å². The van der Waals surface area contributed by atoms with E-state index in [4.69, 9.17) is 0 Å². The molecule has 0 radical (unpaired) electrons. The second-order valence-corrected chi connectivity index (χ2v) is 11.1. The van der Waals surface area contributed by atoms with Gasteiger partial charge in [-0.05, 0) is 67.9 Å². The van der Waals surface area contributed by atoms with Gasteiger partial charge in [0.05, 0.1) is 17.8 Å². The number of amides is 1. The van der Waals surface area contributed by atoms with Crippen LogP contribution in [0.1, 0.15) is 66.8 Å². The van der Waals surface area contributed by atoms with Gasteiger partial charge in [0.1, 0.15) is 23.5 Å². The van der Waals surface area contributed by atoms with E-state index in [1.165, 1.54) is 16.7 Å². The van der Waals surface area contributed by atoms with E-state index in [-0.39, 0.29) is 23.3 Å². The summed E-state index contributed by atoms with van der Waals surface area (Å²) in [6.07, 6.45) is 6.73. The zero-order valence-electron chi connectivity index (χ0n) is 22.1. The Morgan fingerprint density at radius 1 is 1.24 bits per heavy atom. The van der Waals surface area contributed by atoms with Crippen molar-refractivity contribution < 1.29 is 13.6 Å². The molecule has 2 fully saturated rings. The molecular weight excluding hydrogens is 490 g/mol. The fourth-order valence-corrected chi connectivity index (χ4v) is 5.70. The van der Waals surface area contributed by atoms with Crippen LogP contribution in [0.4, 0.5) is 14.5 Å². The number of rotatable bonds is 10. The lowest BCUT2D eigenvalue weighted by Gasteiger charge is -2.46. The second kappa shape index (κ2) is 10.1. The Labute approximate surface area is 220 Å². The number of halogens is 2. The van der Waals surface area contributed by atoms with Gasteiger partial charge in [0, 0.05) is 38.3 Å². The van der Waals surface area contributed by atoms with Gasteiger partial charge in [-0.25, -0.2) is 4.39 Å². The van der Waals surface area contributed by atoms with Crippen LogP contribution < -0.4 is 16.2 Å². The van der Waals surface area contributed by atoms with Crippen LogP contribution in [0.25, 0.3) is 0 Å². The summed E-state index contributed by atoms with van der Waals surface area (Å²) in [5.41, 5.74) is 0.371. The molecule has 2 saturated carbocycles. The largest absolute Gasteiger partial charge is 0.320 e. The highest BCUT2D eigenvalue weighted by molar-refractivity contribution is 6.04. The quantitative estimate of drug-likeness (QED) is 0.419. The Bertz CT molecular complexity index is 1400. The van der Waals surface area contributed by atoms with Gasteiger partial charge in [-0.2, -0.15) is 0 Å². The molecule has 2 heterocycles. The maximum Gasteiger partial charge on any atom is 0.263 e. The maximum atomic E-state index is 14.9. The van der Waals surface area contributed by atoms with Gasteiger partial charge in [0.15, 0.2) is 0 Å². The van der Waals surface area contributed by atoms with Gasteiger partial charge in [-0.1, -0.05) is 13.0 Å². The Hall–Kier alpha value is -3.40. The molecule has 1 amide bonds. The molecule has 0 spiro atoms. The third-order valence-electron chi connectivity index (χ3n) is 8.10. The summed E-state index contributed by atoms with van der Waals surface area (Å²) in [5.74, 6) is 0.00833. The molecule has 2 aliphatic carbocycles. The first-order valence-electron chi connectivity index (χ1n) is 13.2. The van der Waals surface area contributed by atoms with Gasteiger partial charge in [-0.3, -0.25) is 14.0 Å². The molecule has 10 heteroatoms. The minimum absolute atomic E-state index is 0.0122. The summed E-state index contributed by atoms with van der Waals surface area (Å²) in [5, 5.41) is 14.3. The number of anilines is 1. The molecule has 1 aromatic carbocycles. The molecule has 2 aliphatic rings.